The molecule has 2 heterocycles. The summed E-state index contributed by atoms with van der Waals surface area (Å²) in [5.41, 5.74) is -0.00513. The average molecular weight is 266 g/mol. The van der Waals surface area contributed by atoms with Crippen LogP contribution in [-0.4, -0.2) is 48.9 Å². The summed E-state index contributed by atoms with van der Waals surface area (Å²) < 4.78 is 7.37. The van der Waals surface area contributed by atoms with Gasteiger partial charge in [-0.15, -0.1) is 0 Å². The quantitative estimate of drug-likeness (QED) is 0.818. The number of aromatic nitrogens is 2. The minimum atomic E-state index is -0.00513. The number of nitrogens with one attached hydrogen (secondary N) is 1. The van der Waals surface area contributed by atoms with Crippen molar-refractivity contribution in [1.29, 1.82) is 0 Å². The first kappa shape index (κ1) is 14.0. The molecule has 0 aromatic carbocycles. The molecule has 0 saturated carbocycles. The van der Waals surface area contributed by atoms with Crippen LogP contribution in [0.15, 0.2) is 17.2 Å². The lowest BCUT2D eigenvalue weighted by atomic mass is 10.2. The topological polar surface area (TPSA) is 59.4 Å². The van der Waals surface area contributed by atoms with E-state index in [4.69, 9.17) is 4.74 Å². The molecule has 0 amide bonds. The molecule has 1 atom stereocenters. The number of rotatable bonds is 5. The molecule has 1 unspecified atom stereocenters. The van der Waals surface area contributed by atoms with E-state index in [0.717, 1.165) is 26.1 Å². The van der Waals surface area contributed by atoms with Gasteiger partial charge in [0, 0.05) is 38.6 Å². The zero-order valence-corrected chi connectivity index (χ0v) is 11.6. The Morgan fingerprint density at radius 2 is 2.42 bits per heavy atom. The highest BCUT2D eigenvalue weighted by Crippen LogP contribution is 2.10. The summed E-state index contributed by atoms with van der Waals surface area (Å²) in [6.45, 7) is 5.64. The van der Waals surface area contributed by atoms with Gasteiger partial charge in [-0.1, -0.05) is 6.92 Å². The number of nitrogens with zero attached hydrogens (tertiary/aromatic N) is 3. The van der Waals surface area contributed by atoms with Crippen molar-refractivity contribution < 1.29 is 4.74 Å². The molecular weight excluding hydrogens is 244 g/mol. The summed E-state index contributed by atoms with van der Waals surface area (Å²) in [7, 11) is 1.90. The maximum absolute atomic E-state index is 12.3. The Balaban J connectivity index is 2.17. The predicted octanol–water partition coefficient (Wildman–Crippen LogP) is 0.0779. The number of likely N-dealkylation sites (N-methyl/N-ethyl adjacent to an activating group) is 1. The van der Waals surface area contributed by atoms with E-state index < -0.39 is 0 Å². The maximum Gasteiger partial charge on any atom is 0.293 e. The van der Waals surface area contributed by atoms with Gasteiger partial charge >= 0.3 is 0 Å². The predicted molar refractivity (Wildman–Crippen MR) is 74.7 cm³/mol. The lowest BCUT2D eigenvalue weighted by molar-refractivity contribution is 0.0418. The molecule has 0 aliphatic carbocycles. The molecule has 1 aliphatic rings. The fourth-order valence-corrected chi connectivity index (χ4v) is 2.33. The Bertz CT molecular complexity index is 458. The highest BCUT2D eigenvalue weighted by molar-refractivity contribution is 5.36. The number of hydrogen-bond donors (Lipinski definition) is 1. The first-order chi connectivity index (χ1) is 9.26. The standard InChI is InChI=1S/C13H22N4O2/c1-3-5-16-6-4-15-12(13(16)18)17-7-8-19-11(10-17)9-14-2/h4,6,11,14H,3,5,7-10H2,1-2H3. The number of aryl methyl sites for hydroxylation is 1. The van der Waals surface area contributed by atoms with Crippen LogP contribution >= 0.6 is 0 Å². The molecule has 1 fully saturated rings. The smallest absolute Gasteiger partial charge is 0.293 e. The van der Waals surface area contributed by atoms with E-state index in [1.807, 2.05) is 11.9 Å². The van der Waals surface area contributed by atoms with Crippen molar-refractivity contribution in [2.75, 3.05) is 38.2 Å². The van der Waals surface area contributed by atoms with Gasteiger partial charge in [-0.3, -0.25) is 4.79 Å². The van der Waals surface area contributed by atoms with Gasteiger partial charge in [0.2, 0.25) is 0 Å². The summed E-state index contributed by atoms with van der Waals surface area (Å²) >= 11 is 0. The third-order valence-corrected chi connectivity index (χ3v) is 3.23. The van der Waals surface area contributed by atoms with Crippen molar-refractivity contribution in [3.8, 4) is 0 Å². The molecule has 0 radical (unpaired) electrons. The average Bonchev–Trinajstić information content (AvgIpc) is 2.42. The lowest BCUT2D eigenvalue weighted by Crippen LogP contribution is -2.48. The molecule has 1 aromatic heterocycles. The largest absolute Gasteiger partial charge is 0.373 e. The van der Waals surface area contributed by atoms with E-state index in [9.17, 15) is 4.79 Å². The van der Waals surface area contributed by atoms with Gasteiger partial charge in [0.1, 0.15) is 0 Å². The van der Waals surface area contributed by atoms with Crippen molar-refractivity contribution in [2.45, 2.75) is 26.0 Å². The second-order valence-electron chi connectivity index (χ2n) is 4.75. The van der Waals surface area contributed by atoms with Gasteiger partial charge in [-0.05, 0) is 13.5 Å². The van der Waals surface area contributed by atoms with E-state index >= 15 is 0 Å². The number of anilines is 1. The van der Waals surface area contributed by atoms with Crippen molar-refractivity contribution in [1.82, 2.24) is 14.9 Å². The van der Waals surface area contributed by atoms with Crippen molar-refractivity contribution in [3.63, 3.8) is 0 Å². The van der Waals surface area contributed by atoms with E-state index in [1.54, 1.807) is 17.0 Å². The van der Waals surface area contributed by atoms with Crippen molar-refractivity contribution in [2.24, 2.45) is 0 Å². The molecule has 1 aromatic rings. The van der Waals surface area contributed by atoms with Gasteiger partial charge in [-0.25, -0.2) is 4.98 Å². The molecular formula is C13H22N4O2. The van der Waals surface area contributed by atoms with Crippen LogP contribution in [0.25, 0.3) is 0 Å². The Kier molecular flexibility index (Phi) is 4.93. The minimum absolute atomic E-state index is 0.00513. The van der Waals surface area contributed by atoms with Gasteiger partial charge < -0.3 is 19.5 Å². The second-order valence-corrected chi connectivity index (χ2v) is 4.75. The van der Waals surface area contributed by atoms with Crippen LogP contribution in [0.1, 0.15) is 13.3 Å². The van der Waals surface area contributed by atoms with Crippen LogP contribution in [0.3, 0.4) is 0 Å². The monoisotopic (exact) mass is 266 g/mol. The van der Waals surface area contributed by atoms with Crippen molar-refractivity contribution in [3.05, 3.63) is 22.7 Å². The Labute approximate surface area is 113 Å². The number of morpholine rings is 1. The van der Waals surface area contributed by atoms with E-state index in [0.29, 0.717) is 19.0 Å². The maximum atomic E-state index is 12.3. The second kappa shape index (κ2) is 6.68. The minimum Gasteiger partial charge on any atom is -0.373 e. The zero-order valence-electron chi connectivity index (χ0n) is 11.6. The van der Waals surface area contributed by atoms with Gasteiger partial charge in [0.05, 0.1) is 12.7 Å². The van der Waals surface area contributed by atoms with E-state index in [1.165, 1.54) is 0 Å². The highest BCUT2D eigenvalue weighted by Gasteiger charge is 2.23. The molecule has 0 spiro atoms. The van der Waals surface area contributed by atoms with Crippen LogP contribution in [0, 0.1) is 0 Å². The third-order valence-electron chi connectivity index (χ3n) is 3.23. The van der Waals surface area contributed by atoms with E-state index in [2.05, 4.69) is 17.2 Å². The van der Waals surface area contributed by atoms with Crippen LogP contribution in [0.4, 0.5) is 5.82 Å². The number of ether oxygens (including phenoxy) is 1. The van der Waals surface area contributed by atoms with Crippen LogP contribution in [-0.2, 0) is 11.3 Å². The Morgan fingerprint density at radius 1 is 1.58 bits per heavy atom. The summed E-state index contributed by atoms with van der Waals surface area (Å²) in [5, 5.41) is 3.10. The molecule has 0 bridgehead atoms. The van der Waals surface area contributed by atoms with Gasteiger partial charge in [0.15, 0.2) is 5.82 Å². The molecule has 106 valence electrons. The third kappa shape index (κ3) is 3.33. The number of hydrogen-bond acceptors (Lipinski definition) is 5. The molecule has 6 heteroatoms. The zero-order chi connectivity index (χ0) is 13.7. The first-order valence-corrected chi connectivity index (χ1v) is 6.82. The summed E-state index contributed by atoms with van der Waals surface area (Å²) in [6.07, 6.45) is 4.50. The molecule has 19 heavy (non-hydrogen) atoms. The molecule has 6 nitrogen and oxygen atoms in total. The molecule has 1 aliphatic heterocycles. The fourth-order valence-electron chi connectivity index (χ4n) is 2.33. The molecule has 1 N–H and O–H groups in total. The summed E-state index contributed by atoms with van der Waals surface area (Å²) in [5.74, 6) is 0.542. The lowest BCUT2D eigenvalue weighted by Gasteiger charge is -2.33. The molecule has 2 rings (SSSR count). The SMILES string of the molecule is CCCn1ccnc(N2CCOC(CNC)C2)c1=O. The van der Waals surface area contributed by atoms with E-state index in [-0.39, 0.29) is 11.7 Å². The Morgan fingerprint density at radius 3 is 3.16 bits per heavy atom. The highest BCUT2D eigenvalue weighted by atomic mass is 16.5. The normalized spacial score (nSPS) is 19.7. The van der Waals surface area contributed by atoms with Gasteiger partial charge in [0.25, 0.3) is 5.56 Å². The van der Waals surface area contributed by atoms with Gasteiger partial charge in [-0.2, -0.15) is 0 Å². The van der Waals surface area contributed by atoms with Crippen molar-refractivity contribution >= 4 is 5.82 Å². The van der Waals surface area contributed by atoms with Crippen LogP contribution in [0.5, 0.6) is 0 Å². The fraction of sp³-hybridized carbons (Fsp3) is 0.692. The van der Waals surface area contributed by atoms with Crippen LogP contribution < -0.4 is 15.8 Å². The molecule has 1 saturated heterocycles. The Hall–Kier alpha value is -1.40. The summed E-state index contributed by atoms with van der Waals surface area (Å²) in [6, 6.07) is 0. The summed E-state index contributed by atoms with van der Waals surface area (Å²) in [4.78, 5) is 18.6. The van der Waals surface area contributed by atoms with Crippen LogP contribution in [0.2, 0.25) is 0 Å². The first-order valence-electron chi connectivity index (χ1n) is 6.82.